The number of quaternary nitrogens is 1. The lowest BCUT2D eigenvalue weighted by Crippen LogP contribution is -2.50. The summed E-state index contributed by atoms with van der Waals surface area (Å²) in [6.07, 6.45) is -2.06. The smallest absolute Gasteiger partial charge is 0.315 e. The van der Waals surface area contributed by atoms with Crippen molar-refractivity contribution in [1.82, 2.24) is 0 Å². The molecule has 0 radical (unpaired) electrons. The van der Waals surface area contributed by atoms with E-state index >= 15 is 0 Å². The van der Waals surface area contributed by atoms with E-state index in [4.69, 9.17) is 10.2 Å². The van der Waals surface area contributed by atoms with E-state index in [0.29, 0.717) is 13.0 Å². The Morgan fingerprint density at radius 1 is 1.20 bits per heavy atom. The van der Waals surface area contributed by atoms with Crippen LogP contribution in [0.5, 0.6) is 0 Å². The minimum atomic E-state index is -2.38. The molecule has 0 aromatic carbocycles. The zero-order valence-corrected chi connectivity index (χ0v) is 9.93. The average Bonchev–Trinajstić information content (AvgIpc) is 2.01. The molecule has 0 aliphatic carbocycles. The first-order valence-electron chi connectivity index (χ1n) is 4.74. The van der Waals surface area contributed by atoms with Crippen molar-refractivity contribution in [1.29, 1.82) is 0 Å². The molecule has 6 nitrogen and oxygen atoms in total. The maximum atomic E-state index is 10.3. The highest BCUT2D eigenvalue weighted by atomic mass is 31.1. The number of nitrogens with zero attached hydrogens (tertiary/aromatic N) is 1. The third-order valence-electron chi connectivity index (χ3n) is 2.30. The van der Waals surface area contributed by atoms with Gasteiger partial charge in [0.1, 0.15) is 0 Å². The Hall–Kier alpha value is -0.260. The molecule has 0 spiro atoms. The lowest BCUT2D eigenvalue weighted by atomic mass is 10.2. The van der Waals surface area contributed by atoms with Crippen LogP contribution in [0.15, 0.2) is 0 Å². The minimum absolute atomic E-state index is 0.0887. The first-order valence-corrected chi connectivity index (χ1v) is 6.10. The number of rotatable bonds is 7. The molecule has 0 amide bonds. The highest BCUT2D eigenvalue weighted by molar-refractivity contribution is 7.30. The van der Waals surface area contributed by atoms with Crippen molar-refractivity contribution in [3.05, 3.63) is 0 Å². The van der Waals surface area contributed by atoms with E-state index in [0.717, 1.165) is 0 Å². The van der Waals surface area contributed by atoms with Crippen molar-refractivity contribution in [3.63, 3.8) is 0 Å². The Bertz CT molecular complexity index is 243. The summed E-state index contributed by atoms with van der Waals surface area (Å²) < 4.78 is 20.8. The van der Waals surface area contributed by atoms with Gasteiger partial charge in [-0.2, -0.15) is 0 Å². The van der Waals surface area contributed by atoms with Crippen molar-refractivity contribution < 1.29 is 28.9 Å². The quantitative estimate of drug-likeness (QED) is 0.321. The van der Waals surface area contributed by atoms with Crippen LogP contribution >= 0.6 is 7.68 Å². The van der Waals surface area contributed by atoms with E-state index in [1.54, 1.807) is 14.1 Å². The SMILES string of the molecule is C[N+](C)(CCCP(=O)=O)C(O)CC(O)O. The monoisotopic (exact) mass is 240 g/mol. The maximum Gasteiger partial charge on any atom is 0.315 e. The normalized spacial score (nSPS) is 14.3. The van der Waals surface area contributed by atoms with Crippen molar-refractivity contribution in [2.45, 2.75) is 25.4 Å². The Morgan fingerprint density at radius 2 is 1.73 bits per heavy atom. The standard InChI is InChI=1S/C8H19NO5P/c1-9(2,4-3-5-15(13)14)7(10)6-8(11)12/h7-8,10-12H,3-6H2,1-2H3/q+1. The fourth-order valence-corrected chi connectivity index (χ4v) is 1.63. The molecule has 3 N–H and O–H groups in total. The van der Waals surface area contributed by atoms with Crippen molar-refractivity contribution in [2.75, 3.05) is 26.8 Å². The van der Waals surface area contributed by atoms with E-state index in [-0.39, 0.29) is 17.1 Å². The molecule has 0 saturated carbocycles. The van der Waals surface area contributed by atoms with Gasteiger partial charge in [-0.05, 0) is 0 Å². The second-order valence-corrected chi connectivity index (χ2v) is 5.22. The molecule has 0 aliphatic heterocycles. The Balaban J connectivity index is 4.03. The predicted octanol–water partition coefficient (Wildman–Crippen LogP) is -0.355. The van der Waals surface area contributed by atoms with Crippen LogP contribution in [0.4, 0.5) is 0 Å². The van der Waals surface area contributed by atoms with Crippen LogP contribution < -0.4 is 0 Å². The zero-order valence-electron chi connectivity index (χ0n) is 9.04. The summed E-state index contributed by atoms with van der Waals surface area (Å²) in [6, 6.07) is 0. The third kappa shape index (κ3) is 6.76. The first-order chi connectivity index (χ1) is 6.75. The van der Waals surface area contributed by atoms with Gasteiger partial charge in [0.15, 0.2) is 12.5 Å². The molecule has 0 saturated heterocycles. The van der Waals surface area contributed by atoms with Gasteiger partial charge < -0.3 is 19.8 Å². The Morgan fingerprint density at radius 3 is 2.13 bits per heavy atom. The summed E-state index contributed by atoms with van der Waals surface area (Å²) in [5.74, 6) is 0. The average molecular weight is 240 g/mol. The molecule has 15 heavy (non-hydrogen) atoms. The maximum absolute atomic E-state index is 10.3. The van der Waals surface area contributed by atoms with E-state index in [1.807, 2.05) is 0 Å². The van der Waals surface area contributed by atoms with Crippen molar-refractivity contribution in [2.24, 2.45) is 0 Å². The first kappa shape index (κ1) is 14.7. The summed E-state index contributed by atoms with van der Waals surface area (Å²) in [6.45, 7) is 0.469. The number of aliphatic hydroxyl groups is 3. The second kappa shape index (κ2) is 6.35. The van der Waals surface area contributed by atoms with Gasteiger partial charge in [0, 0.05) is 6.42 Å². The molecule has 7 heteroatoms. The molecular formula is C8H19NO5P+. The summed E-state index contributed by atoms with van der Waals surface area (Å²) in [4.78, 5) is 0. The van der Waals surface area contributed by atoms with Gasteiger partial charge in [-0.3, -0.25) is 0 Å². The molecule has 1 atom stereocenters. The minimum Gasteiger partial charge on any atom is -0.368 e. The lowest BCUT2D eigenvalue weighted by Gasteiger charge is -2.34. The molecule has 0 aromatic heterocycles. The van der Waals surface area contributed by atoms with Gasteiger partial charge in [0.2, 0.25) is 0 Å². The zero-order chi connectivity index (χ0) is 12.1. The Labute approximate surface area is 89.6 Å². The topological polar surface area (TPSA) is 94.8 Å². The van der Waals surface area contributed by atoms with Crippen LogP contribution in [0.2, 0.25) is 0 Å². The van der Waals surface area contributed by atoms with Crippen molar-refractivity contribution >= 4 is 7.68 Å². The molecular weight excluding hydrogens is 221 g/mol. The van der Waals surface area contributed by atoms with Crippen LogP contribution in [0.3, 0.4) is 0 Å². The summed E-state index contributed by atoms with van der Waals surface area (Å²) in [7, 11) is 1.05. The molecule has 0 aromatic rings. The van der Waals surface area contributed by atoms with Crippen LogP contribution in [-0.2, 0) is 9.13 Å². The van der Waals surface area contributed by atoms with Gasteiger partial charge in [-0.25, -0.2) is 9.13 Å². The van der Waals surface area contributed by atoms with Gasteiger partial charge in [0.05, 0.1) is 33.2 Å². The molecule has 0 heterocycles. The van der Waals surface area contributed by atoms with E-state index in [2.05, 4.69) is 0 Å². The fraction of sp³-hybridized carbons (Fsp3) is 1.00. The van der Waals surface area contributed by atoms with Gasteiger partial charge >= 0.3 is 7.68 Å². The number of hydrogen-bond donors (Lipinski definition) is 3. The van der Waals surface area contributed by atoms with Crippen LogP contribution in [0, 0.1) is 0 Å². The fourth-order valence-electron chi connectivity index (χ4n) is 1.23. The molecule has 0 bridgehead atoms. The van der Waals surface area contributed by atoms with Crippen molar-refractivity contribution in [3.8, 4) is 0 Å². The van der Waals surface area contributed by atoms with Crippen LogP contribution in [0.25, 0.3) is 0 Å². The summed E-state index contributed by atoms with van der Waals surface area (Å²) in [5.41, 5.74) is 0. The van der Waals surface area contributed by atoms with E-state index in [1.165, 1.54) is 0 Å². The van der Waals surface area contributed by atoms with E-state index in [9.17, 15) is 14.2 Å². The number of hydrogen-bond acceptors (Lipinski definition) is 5. The third-order valence-corrected chi connectivity index (χ3v) is 2.98. The lowest BCUT2D eigenvalue weighted by molar-refractivity contribution is -0.937. The highest BCUT2D eigenvalue weighted by Gasteiger charge is 2.27. The second-order valence-electron chi connectivity index (χ2n) is 4.11. The van der Waals surface area contributed by atoms with Gasteiger partial charge in [-0.1, -0.05) is 0 Å². The molecule has 0 aliphatic rings. The predicted molar refractivity (Wildman–Crippen MR) is 53.6 cm³/mol. The Kier molecular flexibility index (Phi) is 6.24. The molecule has 90 valence electrons. The molecule has 1 unspecified atom stereocenters. The van der Waals surface area contributed by atoms with Crippen LogP contribution in [-0.4, -0.2) is 59.1 Å². The molecule has 0 fully saturated rings. The van der Waals surface area contributed by atoms with Crippen LogP contribution in [0.1, 0.15) is 12.8 Å². The highest BCUT2D eigenvalue weighted by Crippen LogP contribution is 2.13. The molecule has 0 rings (SSSR count). The summed E-state index contributed by atoms with van der Waals surface area (Å²) in [5, 5.41) is 27.0. The largest absolute Gasteiger partial charge is 0.368 e. The van der Waals surface area contributed by atoms with Gasteiger partial charge in [0.25, 0.3) is 0 Å². The summed E-state index contributed by atoms with van der Waals surface area (Å²) >= 11 is 0. The van der Waals surface area contributed by atoms with Gasteiger partial charge in [-0.15, -0.1) is 0 Å². The van der Waals surface area contributed by atoms with E-state index < -0.39 is 20.2 Å². The number of aliphatic hydroxyl groups excluding tert-OH is 2.